The van der Waals surface area contributed by atoms with Crippen molar-refractivity contribution in [3.8, 4) is 0 Å². The Balaban J connectivity index is 1.99. The van der Waals surface area contributed by atoms with Crippen LogP contribution < -0.4 is 10.9 Å². The van der Waals surface area contributed by atoms with Crippen molar-refractivity contribution in [1.29, 1.82) is 0 Å². The van der Waals surface area contributed by atoms with E-state index < -0.39 is 0 Å². The monoisotopic (exact) mass is 273 g/mol. The molecule has 4 nitrogen and oxygen atoms in total. The van der Waals surface area contributed by atoms with Gasteiger partial charge in [0.25, 0.3) is 5.56 Å². The van der Waals surface area contributed by atoms with Gasteiger partial charge < -0.3 is 14.5 Å². The van der Waals surface area contributed by atoms with Crippen LogP contribution in [0, 0.1) is 0 Å². The van der Waals surface area contributed by atoms with Gasteiger partial charge in [-0.1, -0.05) is 6.07 Å². The van der Waals surface area contributed by atoms with Crippen molar-refractivity contribution in [1.82, 2.24) is 14.5 Å². The van der Waals surface area contributed by atoms with Crippen molar-refractivity contribution in [2.45, 2.75) is 45.9 Å². The number of nitrogens with zero attached hydrogens (tertiary/aromatic N) is 2. The molecule has 20 heavy (non-hydrogen) atoms. The van der Waals surface area contributed by atoms with Crippen molar-refractivity contribution >= 4 is 0 Å². The molecule has 0 aliphatic rings. The van der Waals surface area contributed by atoms with Gasteiger partial charge in [0.1, 0.15) is 0 Å². The predicted octanol–water partition coefficient (Wildman–Crippen LogP) is 2.24. The average molecular weight is 273 g/mol. The highest BCUT2D eigenvalue weighted by atomic mass is 16.1. The summed E-state index contributed by atoms with van der Waals surface area (Å²) in [4.78, 5) is 11.7. The van der Waals surface area contributed by atoms with Gasteiger partial charge >= 0.3 is 0 Å². The molecule has 0 aliphatic heterocycles. The molecule has 0 atom stereocenters. The second-order valence-corrected chi connectivity index (χ2v) is 6.03. The molecular weight excluding hydrogens is 250 g/mol. The topological polar surface area (TPSA) is 39.0 Å². The van der Waals surface area contributed by atoms with Gasteiger partial charge in [-0.15, -0.1) is 0 Å². The van der Waals surface area contributed by atoms with E-state index in [2.05, 4.69) is 42.9 Å². The van der Waals surface area contributed by atoms with Gasteiger partial charge in [0.05, 0.1) is 0 Å². The first kappa shape index (κ1) is 14.6. The van der Waals surface area contributed by atoms with Gasteiger partial charge in [0, 0.05) is 49.3 Å². The van der Waals surface area contributed by atoms with Crippen LogP contribution in [0.5, 0.6) is 0 Å². The maximum atomic E-state index is 11.7. The average Bonchev–Trinajstić information content (AvgIpc) is 2.82. The summed E-state index contributed by atoms with van der Waals surface area (Å²) >= 11 is 0. The number of hydrogen-bond acceptors (Lipinski definition) is 2. The summed E-state index contributed by atoms with van der Waals surface area (Å²) in [5.41, 5.74) is 1.39. The Hall–Kier alpha value is -1.81. The standard InChI is InChI=1S/C16H23N3O/c1-16(2,3)17-13-14-7-6-10-18(14)11-12-19-9-5-4-8-15(19)20/h4-10,17H,11-13H2,1-3H3. The molecule has 4 heteroatoms. The van der Waals surface area contributed by atoms with Crippen molar-refractivity contribution in [3.05, 3.63) is 58.8 Å². The molecule has 2 heterocycles. The Morgan fingerprint density at radius 1 is 1.00 bits per heavy atom. The van der Waals surface area contributed by atoms with Crippen molar-refractivity contribution in [2.75, 3.05) is 0 Å². The van der Waals surface area contributed by atoms with E-state index in [0.717, 1.165) is 13.1 Å². The lowest BCUT2D eigenvalue weighted by Crippen LogP contribution is -2.35. The Labute approximate surface area is 120 Å². The summed E-state index contributed by atoms with van der Waals surface area (Å²) in [5.74, 6) is 0. The van der Waals surface area contributed by atoms with Gasteiger partial charge in [0.2, 0.25) is 0 Å². The molecule has 2 rings (SSSR count). The first-order chi connectivity index (χ1) is 9.46. The minimum atomic E-state index is 0.0500. The van der Waals surface area contributed by atoms with Crippen LogP contribution in [0.4, 0.5) is 0 Å². The van der Waals surface area contributed by atoms with Crippen LogP contribution >= 0.6 is 0 Å². The number of nitrogens with one attached hydrogen (secondary N) is 1. The largest absolute Gasteiger partial charge is 0.348 e. The van der Waals surface area contributed by atoms with Gasteiger partial charge in [-0.3, -0.25) is 4.79 Å². The molecule has 0 radical (unpaired) electrons. The number of aryl methyl sites for hydroxylation is 2. The summed E-state index contributed by atoms with van der Waals surface area (Å²) in [5, 5.41) is 3.48. The SMILES string of the molecule is CC(C)(C)NCc1cccn1CCn1ccccc1=O. The predicted molar refractivity (Wildman–Crippen MR) is 81.7 cm³/mol. The third-order valence-electron chi connectivity index (χ3n) is 3.20. The maximum Gasteiger partial charge on any atom is 0.250 e. The highest BCUT2D eigenvalue weighted by Crippen LogP contribution is 2.06. The van der Waals surface area contributed by atoms with Crippen LogP contribution in [-0.2, 0) is 19.6 Å². The molecule has 0 saturated heterocycles. The van der Waals surface area contributed by atoms with Crippen molar-refractivity contribution in [2.24, 2.45) is 0 Å². The summed E-state index contributed by atoms with van der Waals surface area (Å²) in [6, 6.07) is 9.42. The number of aromatic nitrogens is 2. The van der Waals surface area contributed by atoms with Crippen LogP contribution in [0.1, 0.15) is 26.5 Å². The van der Waals surface area contributed by atoms with E-state index in [9.17, 15) is 4.79 Å². The number of rotatable bonds is 5. The minimum absolute atomic E-state index is 0.0500. The van der Waals surface area contributed by atoms with E-state index in [-0.39, 0.29) is 11.1 Å². The van der Waals surface area contributed by atoms with Crippen LogP contribution in [0.3, 0.4) is 0 Å². The molecule has 0 amide bonds. The minimum Gasteiger partial charge on any atom is -0.348 e. The summed E-state index contributed by atoms with van der Waals surface area (Å²) < 4.78 is 3.93. The lowest BCUT2D eigenvalue weighted by molar-refractivity contribution is 0.413. The van der Waals surface area contributed by atoms with Crippen LogP contribution in [0.25, 0.3) is 0 Å². The Kier molecular flexibility index (Phi) is 4.45. The second kappa shape index (κ2) is 6.09. The normalized spacial score (nSPS) is 11.8. The fourth-order valence-corrected chi connectivity index (χ4v) is 2.04. The molecule has 0 bridgehead atoms. The smallest absolute Gasteiger partial charge is 0.250 e. The molecule has 1 N–H and O–H groups in total. The molecule has 0 saturated carbocycles. The summed E-state index contributed by atoms with van der Waals surface area (Å²) in [6.07, 6.45) is 3.90. The molecule has 108 valence electrons. The molecule has 0 aromatic carbocycles. The Morgan fingerprint density at radius 2 is 1.70 bits per heavy atom. The summed E-state index contributed by atoms with van der Waals surface area (Å²) in [6.45, 7) is 8.80. The van der Waals surface area contributed by atoms with E-state index in [1.165, 1.54) is 5.69 Å². The third kappa shape index (κ3) is 4.10. The highest BCUT2D eigenvalue weighted by Gasteiger charge is 2.10. The molecule has 0 unspecified atom stereocenters. The Morgan fingerprint density at radius 3 is 2.40 bits per heavy atom. The zero-order valence-corrected chi connectivity index (χ0v) is 12.5. The molecule has 0 aliphatic carbocycles. The van der Waals surface area contributed by atoms with Crippen molar-refractivity contribution < 1.29 is 0 Å². The van der Waals surface area contributed by atoms with Gasteiger partial charge in [0.15, 0.2) is 0 Å². The number of pyridine rings is 1. The quantitative estimate of drug-likeness (QED) is 0.907. The van der Waals surface area contributed by atoms with E-state index in [4.69, 9.17) is 0 Å². The molecule has 2 aromatic heterocycles. The first-order valence-electron chi connectivity index (χ1n) is 7.00. The van der Waals surface area contributed by atoms with Crippen molar-refractivity contribution in [3.63, 3.8) is 0 Å². The Bertz CT molecular complexity index is 604. The van der Waals surface area contributed by atoms with Gasteiger partial charge in [-0.2, -0.15) is 0 Å². The lowest BCUT2D eigenvalue weighted by Gasteiger charge is -2.21. The van der Waals surface area contributed by atoms with E-state index >= 15 is 0 Å². The van der Waals surface area contributed by atoms with Gasteiger partial charge in [-0.05, 0) is 39.0 Å². The fourth-order valence-electron chi connectivity index (χ4n) is 2.04. The third-order valence-corrected chi connectivity index (χ3v) is 3.20. The first-order valence-corrected chi connectivity index (χ1v) is 7.00. The zero-order valence-electron chi connectivity index (χ0n) is 12.5. The molecule has 2 aromatic rings. The lowest BCUT2D eigenvalue weighted by atomic mass is 10.1. The van der Waals surface area contributed by atoms with E-state index in [1.807, 2.05) is 18.3 Å². The molecule has 0 fully saturated rings. The fraction of sp³-hybridized carbons (Fsp3) is 0.438. The van der Waals surface area contributed by atoms with Crippen LogP contribution in [0.2, 0.25) is 0 Å². The van der Waals surface area contributed by atoms with Crippen LogP contribution in [-0.4, -0.2) is 14.7 Å². The second-order valence-electron chi connectivity index (χ2n) is 6.03. The maximum absolute atomic E-state index is 11.7. The number of hydrogen-bond donors (Lipinski definition) is 1. The summed E-state index contributed by atoms with van der Waals surface area (Å²) in [7, 11) is 0. The van der Waals surface area contributed by atoms with E-state index in [0.29, 0.717) is 6.54 Å². The van der Waals surface area contributed by atoms with Crippen LogP contribution in [0.15, 0.2) is 47.5 Å². The van der Waals surface area contributed by atoms with Gasteiger partial charge in [-0.25, -0.2) is 0 Å². The molecule has 0 spiro atoms. The highest BCUT2D eigenvalue weighted by molar-refractivity contribution is 5.07. The zero-order chi connectivity index (χ0) is 14.6. The van der Waals surface area contributed by atoms with E-state index in [1.54, 1.807) is 16.7 Å². The molecular formula is C16H23N3O.